The molecule has 1 amide bonds. The molecule has 116 valence electrons. The normalized spacial score (nSPS) is 10.4. The molecule has 7 heteroatoms. The van der Waals surface area contributed by atoms with Crippen LogP contribution in [0.2, 0.25) is 0 Å². The summed E-state index contributed by atoms with van der Waals surface area (Å²) in [6.45, 7) is 3.01. The topological polar surface area (TPSA) is 82.0 Å². The smallest absolute Gasteiger partial charge is 0.232 e. The number of aromatic nitrogens is 2. The quantitative estimate of drug-likeness (QED) is 0.793. The number of benzene rings is 1. The maximum atomic E-state index is 11.9. The van der Waals surface area contributed by atoms with E-state index in [1.165, 1.54) is 11.8 Å². The molecule has 1 aromatic heterocycles. The van der Waals surface area contributed by atoms with Gasteiger partial charge in [-0.2, -0.15) is 5.26 Å². The third-order valence-corrected chi connectivity index (χ3v) is 3.92. The minimum absolute atomic E-state index is 0.0179. The van der Waals surface area contributed by atoms with Crippen LogP contribution in [-0.4, -0.2) is 46.7 Å². The fourth-order valence-electron chi connectivity index (χ4n) is 1.87. The van der Waals surface area contributed by atoms with Gasteiger partial charge >= 0.3 is 0 Å². The first-order valence-electron chi connectivity index (χ1n) is 7.00. The van der Waals surface area contributed by atoms with Crippen molar-refractivity contribution in [2.75, 3.05) is 26.0 Å². The Kier molecular flexibility index (Phi) is 5.67. The maximum Gasteiger partial charge on any atom is 0.232 e. The van der Waals surface area contributed by atoms with Crippen molar-refractivity contribution in [2.45, 2.75) is 18.5 Å². The van der Waals surface area contributed by atoms with Crippen molar-refractivity contribution in [1.82, 2.24) is 14.9 Å². The molecule has 0 spiro atoms. The summed E-state index contributed by atoms with van der Waals surface area (Å²) in [7, 11) is 1.70. The van der Waals surface area contributed by atoms with Crippen molar-refractivity contribution in [3.8, 4) is 11.8 Å². The highest BCUT2D eigenvalue weighted by atomic mass is 32.2. The van der Waals surface area contributed by atoms with Crippen LogP contribution < -0.4 is 4.74 Å². The fourth-order valence-corrected chi connectivity index (χ4v) is 2.70. The van der Waals surface area contributed by atoms with Crippen LogP contribution in [0.3, 0.4) is 0 Å². The number of hydrogen-bond acceptors (Lipinski definition) is 5. The van der Waals surface area contributed by atoms with Crippen molar-refractivity contribution in [2.24, 2.45) is 0 Å². The third-order valence-electron chi connectivity index (χ3n) is 3.06. The number of carbonyl (C=O) groups is 1. The Bertz CT molecular complexity index is 692. The first-order chi connectivity index (χ1) is 10.6. The molecule has 2 rings (SSSR count). The maximum absolute atomic E-state index is 11.9. The lowest BCUT2D eigenvalue weighted by Crippen LogP contribution is -2.29. The van der Waals surface area contributed by atoms with Crippen LogP contribution >= 0.6 is 11.8 Å². The average Bonchev–Trinajstić information content (AvgIpc) is 2.92. The molecular weight excluding hydrogens is 300 g/mol. The first-order valence-corrected chi connectivity index (χ1v) is 7.99. The van der Waals surface area contributed by atoms with Gasteiger partial charge in [-0.05, 0) is 19.1 Å². The number of amides is 1. The number of rotatable bonds is 7. The van der Waals surface area contributed by atoms with Gasteiger partial charge in [-0.1, -0.05) is 11.8 Å². The predicted molar refractivity (Wildman–Crippen MR) is 85.9 cm³/mol. The van der Waals surface area contributed by atoms with Crippen LogP contribution in [0.4, 0.5) is 0 Å². The number of nitrogens with one attached hydrogen (secondary N) is 1. The molecule has 0 saturated heterocycles. The fraction of sp³-hybridized carbons (Fsp3) is 0.400. The van der Waals surface area contributed by atoms with Crippen molar-refractivity contribution in [3.05, 3.63) is 18.2 Å². The van der Waals surface area contributed by atoms with E-state index in [0.29, 0.717) is 30.5 Å². The van der Waals surface area contributed by atoms with Gasteiger partial charge in [0.05, 0.1) is 35.9 Å². The summed E-state index contributed by atoms with van der Waals surface area (Å²) in [5.41, 5.74) is 1.73. The standard InChI is InChI=1S/C15H18N4O2S/c1-3-21-11-5-6-12-13(9-11)18-15(17-12)22-10-14(20)19(2)8-4-7-16/h5-6,9H,3-4,8,10H2,1-2H3,(H,17,18). The van der Waals surface area contributed by atoms with E-state index in [1.54, 1.807) is 11.9 Å². The SMILES string of the molecule is CCOc1ccc2nc(SCC(=O)N(C)CCC#N)[nH]c2c1. The summed E-state index contributed by atoms with van der Waals surface area (Å²) < 4.78 is 5.45. The Morgan fingerprint density at radius 1 is 1.55 bits per heavy atom. The Labute approximate surface area is 133 Å². The van der Waals surface area contributed by atoms with E-state index in [1.807, 2.05) is 31.2 Å². The highest BCUT2D eigenvalue weighted by Crippen LogP contribution is 2.23. The summed E-state index contributed by atoms with van der Waals surface area (Å²) in [5, 5.41) is 9.23. The van der Waals surface area contributed by atoms with E-state index >= 15 is 0 Å². The molecule has 0 fully saturated rings. The molecule has 0 bridgehead atoms. The summed E-state index contributed by atoms with van der Waals surface area (Å²) in [6, 6.07) is 7.70. The second-order valence-electron chi connectivity index (χ2n) is 4.67. The Morgan fingerprint density at radius 3 is 3.09 bits per heavy atom. The highest BCUT2D eigenvalue weighted by molar-refractivity contribution is 7.99. The molecule has 0 radical (unpaired) electrons. The number of ether oxygens (including phenoxy) is 1. The van der Waals surface area contributed by atoms with Crippen LogP contribution in [0.5, 0.6) is 5.75 Å². The largest absolute Gasteiger partial charge is 0.494 e. The van der Waals surface area contributed by atoms with E-state index in [2.05, 4.69) is 9.97 Å². The summed E-state index contributed by atoms with van der Waals surface area (Å²) in [5.74, 6) is 1.07. The van der Waals surface area contributed by atoms with Gasteiger partial charge in [0.1, 0.15) is 5.75 Å². The van der Waals surface area contributed by atoms with Crippen LogP contribution in [0.1, 0.15) is 13.3 Å². The van der Waals surface area contributed by atoms with E-state index in [0.717, 1.165) is 16.8 Å². The summed E-state index contributed by atoms with van der Waals surface area (Å²) >= 11 is 1.35. The summed E-state index contributed by atoms with van der Waals surface area (Å²) in [6.07, 6.45) is 0.345. The zero-order valence-corrected chi connectivity index (χ0v) is 13.4. The lowest BCUT2D eigenvalue weighted by Gasteiger charge is -2.14. The zero-order chi connectivity index (χ0) is 15.9. The number of hydrogen-bond donors (Lipinski definition) is 1. The van der Waals surface area contributed by atoms with Gasteiger partial charge < -0.3 is 14.6 Å². The molecule has 0 aliphatic heterocycles. The molecule has 2 aromatic rings. The molecule has 0 atom stereocenters. The number of fused-ring (bicyclic) bond motifs is 1. The van der Waals surface area contributed by atoms with Gasteiger partial charge in [0.25, 0.3) is 0 Å². The molecule has 0 unspecified atom stereocenters. The van der Waals surface area contributed by atoms with Gasteiger partial charge in [0.15, 0.2) is 5.16 Å². The predicted octanol–water partition coefficient (Wildman–Crippen LogP) is 2.43. The van der Waals surface area contributed by atoms with E-state index in [4.69, 9.17) is 10.00 Å². The van der Waals surface area contributed by atoms with Gasteiger partial charge in [-0.15, -0.1) is 0 Å². The Morgan fingerprint density at radius 2 is 2.36 bits per heavy atom. The van der Waals surface area contributed by atoms with Crippen molar-refractivity contribution in [3.63, 3.8) is 0 Å². The lowest BCUT2D eigenvalue weighted by atomic mass is 10.3. The number of nitrogens with zero attached hydrogens (tertiary/aromatic N) is 3. The molecule has 1 heterocycles. The van der Waals surface area contributed by atoms with Crippen LogP contribution in [0, 0.1) is 11.3 Å². The van der Waals surface area contributed by atoms with Gasteiger partial charge in [0.2, 0.25) is 5.91 Å². The molecule has 1 N–H and O–H groups in total. The number of thioether (sulfide) groups is 1. The van der Waals surface area contributed by atoms with Crippen molar-refractivity contribution >= 4 is 28.7 Å². The van der Waals surface area contributed by atoms with E-state index < -0.39 is 0 Å². The van der Waals surface area contributed by atoms with Gasteiger partial charge in [-0.3, -0.25) is 4.79 Å². The minimum Gasteiger partial charge on any atom is -0.494 e. The van der Waals surface area contributed by atoms with Gasteiger partial charge in [-0.25, -0.2) is 4.98 Å². The lowest BCUT2D eigenvalue weighted by molar-refractivity contribution is -0.127. The van der Waals surface area contributed by atoms with Crippen LogP contribution in [0.25, 0.3) is 11.0 Å². The average molecular weight is 318 g/mol. The molecule has 22 heavy (non-hydrogen) atoms. The molecule has 1 aromatic carbocycles. The van der Waals surface area contributed by atoms with Crippen LogP contribution in [0.15, 0.2) is 23.4 Å². The minimum atomic E-state index is -0.0179. The molecule has 6 nitrogen and oxygen atoms in total. The second kappa shape index (κ2) is 7.71. The molecule has 0 aliphatic carbocycles. The van der Waals surface area contributed by atoms with Crippen molar-refractivity contribution < 1.29 is 9.53 Å². The highest BCUT2D eigenvalue weighted by Gasteiger charge is 2.11. The molecular formula is C15H18N4O2S. The number of H-pyrrole nitrogens is 1. The number of aromatic amines is 1. The first kappa shape index (κ1) is 16.2. The monoisotopic (exact) mass is 318 g/mol. The van der Waals surface area contributed by atoms with E-state index in [9.17, 15) is 4.79 Å². The molecule has 0 saturated carbocycles. The Hall–Kier alpha value is -2.20. The zero-order valence-electron chi connectivity index (χ0n) is 12.6. The van der Waals surface area contributed by atoms with Crippen molar-refractivity contribution in [1.29, 1.82) is 5.26 Å². The number of nitriles is 1. The van der Waals surface area contributed by atoms with E-state index in [-0.39, 0.29) is 5.91 Å². The molecule has 0 aliphatic rings. The van der Waals surface area contributed by atoms with Crippen LogP contribution in [-0.2, 0) is 4.79 Å². The van der Waals surface area contributed by atoms with Gasteiger partial charge in [0, 0.05) is 19.7 Å². The number of imidazole rings is 1. The number of carbonyl (C=O) groups excluding carboxylic acids is 1. The summed E-state index contributed by atoms with van der Waals surface area (Å²) in [4.78, 5) is 21.1. The third kappa shape index (κ3) is 4.15. The second-order valence-corrected chi connectivity index (χ2v) is 5.63. The Balaban J connectivity index is 1.97.